The van der Waals surface area contributed by atoms with Crippen molar-refractivity contribution in [3.8, 4) is 17.0 Å². The maximum absolute atomic E-state index is 11.7. The highest BCUT2D eigenvalue weighted by Crippen LogP contribution is 2.25. The summed E-state index contributed by atoms with van der Waals surface area (Å²) < 4.78 is 12.5. The van der Waals surface area contributed by atoms with Gasteiger partial charge >= 0.3 is 5.97 Å². The molecule has 0 aliphatic carbocycles. The predicted octanol–water partition coefficient (Wildman–Crippen LogP) is 3.15. The second-order valence-corrected chi connectivity index (χ2v) is 6.77. The molecule has 0 unspecified atom stereocenters. The normalized spacial score (nSPS) is 10.9. The summed E-state index contributed by atoms with van der Waals surface area (Å²) in [6.07, 6.45) is 2.02. The molecule has 0 amide bonds. The lowest BCUT2D eigenvalue weighted by Crippen LogP contribution is -2.10. The van der Waals surface area contributed by atoms with Crippen molar-refractivity contribution in [3.05, 3.63) is 83.8 Å². The van der Waals surface area contributed by atoms with Gasteiger partial charge in [0, 0.05) is 23.9 Å². The number of esters is 1. The first-order chi connectivity index (χ1) is 14.7. The van der Waals surface area contributed by atoms with Gasteiger partial charge in [0.05, 0.1) is 24.7 Å². The summed E-state index contributed by atoms with van der Waals surface area (Å²) in [6.45, 7) is 0.624. The maximum Gasteiger partial charge on any atom is 0.310 e. The van der Waals surface area contributed by atoms with E-state index in [2.05, 4.69) is 5.10 Å². The van der Waals surface area contributed by atoms with Crippen molar-refractivity contribution in [2.75, 3.05) is 7.11 Å². The van der Waals surface area contributed by atoms with E-state index in [-0.39, 0.29) is 19.0 Å². The quantitative estimate of drug-likeness (QED) is 0.478. The zero-order valence-corrected chi connectivity index (χ0v) is 16.6. The molecule has 2 N–H and O–H groups in total. The van der Waals surface area contributed by atoms with Crippen molar-refractivity contribution < 1.29 is 14.3 Å². The summed E-state index contributed by atoms with van der Waals surface area (Å²) in [5.41, 5.74) is 10.3. The van der Waals surface area contributed by atoms with Crippen molar-refractivity contribution in [1.82, 2.24) is 14.6 Å². The molecule has 2 heterocycles. The van der Waals surface area contributed by atoms with E-state index in [0.717, 1.165) is 27.9 Å². The Morgan fingerprint density at radius 3 is 2.80 bits per heavy atom. The zero-order chi connectivity index (χ0) is 20.9. The number of fused-ring (bicyclic) bond motifs is 1. The summed E-state index contributed by atoms with van der Waals surface area (Å²) in [7, 11) is 1.37. The first kappa shape index (κ1) is 19.6. The average Bonchev–Trinajstić information content (AvgIpc) is 3.26. The zero-order valence-electron chi connectivity index (χ0n) is 16.6. The van der Waals surface area contributed by atoms with Gasteiger partial charge in [-0.1, -0.05) is 36.4 Å². The Morgan fingerprint density at radius 1 is 1.10 bits per heavy atom. The van der Waals surface area contributed by atoms with E-state index in [1.807, 2.05) is 66.9 Å². The Bertz CT molecular complexity index is 1190. The fourth-order valence-corrected chi connectivity index (χ4v) is 3.26. The minimum absolute atomic E-state index is 0.140. The molecule has 2 aromatic heterocycles. The summed E-state index contributed by atoms with van der Waals surface area (Å²) in [6, 6.07) is 19.3. The molecule has 0 spiro atoms. The van der Waals surface area contributed by atoms with Gasteiger partial charge in [0.1, 0.15) is 12.4 Å². The summed E-state index contributed by atoms with van der Waals surface area (Å²) in [5.74, 6) is 0.809. The van der Waals surface area contributed by atoms with Crippen LogP contribution in [-0.4, -0.2) is 27.7 Å². The second-order valence-electron chi connectivity index (χ2n) is 6.77. The molecule has 152 valence electrons. The number of carbonyl (C=O) groups is 1. The van der Waals surface area contributed by atoms with Crippen molar-refractivity contribution >= 4 is 11.5 Å². The number of nitrogens with zero attached hydrogens (tertiary/aromatic N) is 3. The molecule has 0 saturated carbocycles. The van der Waals surface area contributed by atoms with Crippen LogP contribution in [0.3, 0.4) is 0 Å². The number of nitrogens with two attached hydrogens (primary N) is 1. The maximum atomic E-state index is 11.7. The minimum atomic E-state index is -0.321. The molecule has 0 fully saturated rings. The van der Waals surface area contributed by atoms with Gasteiger partial charge in [-0.3, -0.25) is 4.79 Å². The van der Waals surface area contributed by atoms with Gasteiger partial charge in [-0.15, -0.1) is 5.10 Å². The van der Waals surface area contributed by atoms with E-state index in [4.69, 9.17) is 20.2 Å². The molecule has 7 heteroatoms. The first-order valence-corrected chi connectivity index (χ1v) is 9.59. The van der Waals surface area contributed by atoms with E-state index in [1.54, 1.807) is 4.52 Å². The summed E-state index contributed by atoms with van der Waals surface area (Å²) in [5, 5.41) is 4.55. The van der Waals surface area contributed by atoms with Gasteiger partial charge in [0.25, 0.3) is 0 Å². The van der Waals surface area contributed by atoms with Crippen molar-refractivity contribution in [1.29, 1.82) is 0 Å². The topological polar surface area (TPSA) is 91.7 Å². The Morgan fingerprint density at radius 2 is 1.97 bits per heavy atom. The predicted molar refractivity (Wildman–Crippen MR) is 113 cm³/mol. The van der Waals surface area contributed by atoms with E-state index in [9.17, 15) is 4.79 Å². The fourth-order valence-electron chi connectivity index (χ4n) is 3.26. The molecular weight excluding hydrogens is 380 g/mol. The lowest BCUT2D eigenvalue weighted by Gasteiger charge is -2.12. The number of para-hydroxylation sites is 1. The number of methoxy groups -OCH3 is 1. The second kappa shape index (κ2) is 8.75. The molecule has 0 aliphatic heterocycles. The van der Waals surface area contributed by atoms with Crippen LogP contribution in [0.2, 0.25) is 0 Å². The van der Waals surface area contributed by atoms with Crippen molar-refractivity contribution in [2.24, 2.45) is 5.73 Å². The first-order valence-electron chi connectivity index (χ1n) is 9.59. The number of hydrogen-bond donors (Lipinski definition) is 1. The van der Waals surface area contributed by atoms with Gasteiger partial charge in [-0.05, 0) is 29.8 Å². The Balaban J connectivity index is 1.64. The fraction of sp³-hybridized carbons (Fsp3) is 0.174. The Hall–Kier alpha value is -3.71. The van der Waals surface area contributed by atoms with Crippen molar-refractivity contribution in [3.63, 3.8) is 0 Å². The van der Waals surface area contributed by atoms with Gasteiger partial charge < -0.3 is 15.2 Å². The van der Waals surface area contributed by atoms with Crippen LogP contribution in [0.1, 0.15) is 17.0 Å². The van der Waals surface area contributed by atoms with E-state index < -0.39 is 0 Å². The number of carbonyl (C=O) groups excluding carboxylic acids is 1. The molecule has 0 aliphatic rings. The van der Waals surface area contributed by atoms with Gasteiger partial charge in [0.2, 0.25) is 0 Å². The summed E-state index contributed by atoms with van der Waals surface area (Å²) in [4.78, 5) is 16.4. The molecule has 2 aromatic carbocycles. The van der Waals surface area contributed by atoms with Crippen LogP contribution in [0.25, 0.3) is 16.8 Å². The highest BCUT2D eigenvalue weighted by Gasteiger charge is 2.13. The highest BCUT2D eigenvalue weighted by molar-refractivity contribution is 5.77. The average molecular weight is 402 g/mol. The minimum Gasteiger partial charge on any atom is -0.485 e. The van der Waals surface area contributed by atoms with Gasteiger partial charge in [0.15, 0.2) is 5.82 Å². The van der Waals surface area contributed by atoms with E-state index in [0.29, 0.717) is 18.1 Å². The molecular formula is C23H22N4O3. The SMILES string of the molecule is COC(=O)Cc1ccccc1OCc1nc(-c2cccc(CN)c2)c2cccn2n1. The number of ether oxygens (including phenoxy) is 2. The van der Waals surface area contributed by atoms with Crippen LogP contribution < -0.4 is 10.5 Å². The van der Waals surface area contributed by atoms with Crippen LogP contribution in [0, 0.1) is 0 Å². The number of benzene rings is 2. The molecule has 4 aromatic rings. The third-order valence-corrected chi connectivity index (χ3v) is 4.76. The van der Waals surface area contributed by atoms with Gasteiger partial charge in [-0.25, -0.2) is 9.50 Å². The standard InChI is InChI=1S/C23H22N4O3/c1-29-22(28)13-17-7-2-3-10-20(17)30-15-21-25-23(19-9-5-11-27(19)26-21)18-8-4-6-16(12-18)14-24/h2-12H,13-15,24H2,1H3. The number of rotatable bonds is 7. The lowest BCUT2D eigenvalue weighted by molar-refractivity contribution is -0.139. The summed E-state index contributed by atoms with van der Waals surface area (Å²) >= 11 is 0. The van der Waals surface area contributed by atoms with Gasteiger partial charge in [-0.2, -0.15) is 0 Å². The molecule has 7 nitrogen and oxygen atoms in total. The van der Waals surface area contributed by atoms with Crippen LogP contribution >= 0.6 is 0 Å². The van der Waals surface area contributed by atoms with Crippen LogP contribution in [-0.2, 0) is 29.1 Å². The molecule has 4 rings (SSSR count). The Kier molecular flexibility index (Phi) is 5.72. The largest absolute Gasteiger partial charge is 0.485 e. The van der Waals surface area contributed by atoms with Crippen LogP contribution in [0.15, 0.2) is 66.9 Å². The van der Waals surface area contributed by atoms with Crippen LogP contribution in [0.4, 0.5) is 0 Å². The van der Waals surface area contributed by atoms with Crippen molar-refractivity contribution in [2.45, 2.75) is 19.6 Å². The Labute approximate surface area is 174 Å². The van der Waals surface area contributed by atoms with E-state index >= 15 is 0 Å². The smallest absolute Gasteiger partial charge is 0.310 e. The molecule has 0 radical (unpaired) electrons. The lowest BCUT2D eigenvalue weighted by atomic mass is 10.1. The third-order valence-electron chi connectivity index (χ3n) is 4.76. The monoisotopic (exact) mass is 402 g/mol. The molecule has 0 bridgehead atoms. The molecule has 30 heavy (non-hydrogen) atoms. The molecule has 0 atom stereocenters. The number of aromatic nitrogens is 3. The van der Waals surface area contributed by atoms with Crippen LogP contribution in [0.5, 0.6) is 5.75 Å². The third kappa shape index (κ3) is 4.16. The highest BCUT2D eigenvalue weighted by atomic mass is 16.5. The number of hydrogen-bond acceptors (Lipinski definition) is 6. The molecule has 0 saturated heterocycles. The van der Waals surface area contributed by atoms with E-state index in [1.165, 1.54) is 7.11 Å².